The van der Waals surface area contributed by atoms with Gasteiger partial charge < -0.3 is 4.74 Å². The second kappa shape index (κ2) is 4.25. The summed E-state index contributed by atoms with van der Waals surface area (Å²) in [4.78, 5) is 34.7. The molecule has 0 saturated carbocycles. The third-order valence-electron chi connectivity index (χ3n) is 2.20. The molecule has 1 N–H and O–H groups in total. The van der Waals surface area contributed by atoms with Crippen LogP contribution in [-0.2, 0) is 9.59 Å². The number of imide groups is 1. The Morgan fingerprint density at radius 2 is 2.06 bits per heavy atom. The lowest BCUT2D eigenvalue weighted by molar-refractivity contribution is -0.131. The molecule has 88 valence electrons. The van der Waals surface area contributed by atoms with Gasteiger partial charge in [-0.15, -0.1) is 0 Å². The molecule has 0 spiro atoms. The normalized spacial score (nSPS) is 14.8. The van der Waals surface area contributed by atoms with Crippen molar-refractivity contribution >= 4 is 23.6 Å². The number of urea groups is 1. The minimum atomic E-state index is -0.519. The fraction of sp³-hybridized carbons (Fsp3) is 0.182. The van der Waals surface area contributed by atoms with E-state index in [1.807, 2.05) is 0 Å². The number of esters is 1. The Balaban J connectivity index is 2.34. The molecule has 0 aromatic heterocycles. The van der Waals surface area contributed by atoms with Crippen LogP contribution < -0.4 is 15.0 Å². The number of ether oxygens (including phenoxy) is 1. The Morgan fingerprint density at radius 3 is 2.65 bits per heavy atom. The standard InChI is InChI=1S/C11H10N2O4/c1-7(14)17-9-5-3-2-4-8(9)13-6-10(15)12-11(13)16/h2-5H,6H2,1H3,(H,12,15,16). The van der Waals surface area contributed by atoms with Gasteiger partial charge in [0.05, 0.1) is 5.69 Å². The van der Waals surface area contributed by atoms with E-state index in [4.69, 9.17) is 4.74 Å². The number of anilines is 1. The Bertz CT molecular complexity index is 498. The van der Waals surface area contributed by atoms with Crippen LogP contribution in [0.1, 0.15) is 6.92 Å². The summed E-state index contributed by atoms with van der Waals surface area (Å²) in [7, 11) is 0. The second-order valence-corrected chi connectivity index (χ2v) is 3.50. The molecule has 6 heteroatoms. The lowest BCUT2D eigenvalue weighted by Gasteiger charge is -2.16. The number of carbonyl (C=O) groups is 3. The van der Waals surface area contributed by atoms with E-state index in [1.54, 1.807) is 24.3 Å². The van der Waals surface area contributed by atoms with Crippen LogP contribution in [0.3, 0.4) is 0 Å². The SMILES string of the molecule is CC(=O)Oc1ccccc1N1CC(=O)NC1=O. The molecule has 2 rings (SSSR count). The molecule has 1 fully saturated rings. The van der Waals surface area contributed by atoms with Gasteiger partial charge in [-0.3, -0.25) is 19.8 Å². The number of hydrogen-bond acceptors (Lipinski definition) is 4. The molecule has 17 heavy (non-hydrogen) atoms. The highest BCUT2D eigenvalue weighted by molar-refractivity contribution is 6.12. The van der Waals surface area contributed by atoms with E-state index < -0.39 is 12.0 Å². The van der Waals surface area contributed by atoms with E-state index in [2.05, 4.69) is 5.32 Å². The first kappa shape index (κ1) is 11.1. The predicted molar refractivity (Wildman–Crippen MR) is 58.6 cm³/mol. The zero-order valence-corrected chi connectivity index (χ0v) is 9.10. The fourth-order valence-corrected chi connectivity index (χ4v) is 1.56. The summed E-state index contributed by atoms with van der Waals surface area (Å²) in [5, 5.41) is 2.15. The van der Waals surface area contributed by atoms with Crippen LogP contribution >= 0.6 is 0 Å². The zero-order chi connectivity index (χ0) is 12.4. The maximum Gasteiger partial charge on any atom is 0.329 e. The van der Waals surface area contributed by atoms with Gasteiger partial charge in [0.15, 0.2) is 5.75 Å². The van der Waals surface area contributed by atoms with Gasteiger partial charge in [-0.05, 0) is 12.1 Å². The lowest BCUT2D eigenvalue weighted by Crippen LogP contribution is -2.28. The van der Waals surface area contributed by atoms with Crippen LogP contribution in [0.5, 0.6) is 5.75 Å². The van der Waals surface area contributed by atoms with E-state index in [9.17, 15) is 14.4 Å². The van der Waals surface area contributed by atoms with Crippen LogP contribution in [0.4, 0.5) is 10.5 Å². The summed E-state index contributed by atoms with van der Waals surface area (Å²) < 4.78 is 4.97. The van der Waals surface area contributed by atoms with Crippen molar-refractivity contribution in [1.82, 2.24) is 5.32 Å². The quantitative estimate of drug-likeness (QED) is 0.463. The van der Waals surface area contributed by atoms with Gasteiger partial charge in [0.1, 0.15) is 6.54 Å². The molecule has 0 atom stereocenters. The lowest BCUT2D eigenvalue weighted by atomic mass is 10.2. The fourth-order valence-electron chi connectivity index (χ4n) is 1.56. The van der Waals surface area contributed by atoms with Crippen molar-refractivity contribution < 1.29 is 19.1 Å². The molecular weight excluding hydrogens is 224 g/mol. The van der Waals surface area contributed by atoms with Crippen molar-refractivity contribution in [3.63, 3.8) is 0 Å². The Hall–Kier alpha value is -2.37. The molecule has 1 aromatic carbocycles. The number of amides is 3. The molecule has 0 aliphatic carbocycles. The molecule has 1 heterocycles. The number of rotatable bonds is 2. The maximum absolute atomic E-state index is 11.5. The monoisotopic (exact) mass is 234 g/mol. The summed E-state index contributed by atoms with van der Waals surface area (Å²) in [6.07, 6.45) is 0. The highest BCUT2D eigenvalue weighted by Gasteiger charge is 2.30. The van der Waals surface area contributed by atoms with E-state index in [0.717, 1.165) is 0 Å². The van der Waals surface area contributed by atoms with E-state index >= 15 is 0 Å². The number of nitrogens with one attached hydrogen (secondary N) is 1. The molecule has 0 bridgehead atoms. The van der Waals surface area contributed by atoms with Crippen molar-refractivity contribution in [2.75, 3.05) is 11.4 Å². The predicted octanol–water partition coefficient (Wildman–Crippen LogP) is 0.668. The average molecular weight is 234 g/mol. The third kappa shape index (κ3) is 2.25. The summed E-state index contributed by atoms with van der Waals surface area (Å²) in [5.41, 5.74) is 0.394. The van der Waals surface area contributed by atoms with Gasteiger partial charge in [0.25, 0.3) is 0 Å². The minimum Gasteiger partial charge on any atom is -0.424 e. The highest BCUT2D eigenvalue weighted by atomic mass is 16.5. The summed E-state index contributed by atoms with van der Waals surface area (Å²) in [5.74, 6) is -0.610. The first-order chi connectivity index (χ1) is 8.08. The number of para-hydroxylation sites is 2. The van der Waals surface area contributed by atoms with Crippen LogP contribution in [0.15, 0.2) is 24.3 Å². The highest BCUT2D eigenvalue weighted by Crippen LogP contribution is 2.29. The second-order valence-electron chi connectivity index (χ2n) is 3.50. The Labute approximate surface area is 97.2 Å². The molecule has 1 aromatic rings. The van der Waals surface area contributed by atoms with Crippen LogP contribution in [-0.4, -0.2) is 24.5 Å². The molecule has 1 aliphatic rings. The van der Waals surface area contributed by atoms with Crippen LogP contribution in [0.25, 0.3) is 0 Å². The molecular formula is C11H10N2O4. The maximum atomic E-state index is 11.5. The number of carbonyl (C=O) groups excluding carboxylic acids is 3. The van der Waals surface area contributed by atoms with E-state index in [1.165, 1.54) is 11.8 Å². The van der Waals surface area contributed by atoms with Gasteiger partial charge in [0, 0.05) is 6.92 Å². The van der Waals surface area contributed by atoms with Crippen molar-refractivity contribution in [1.29, 1.82) is 0 Å². The van der Waals surface area contributed by atoms with Gasteiger partial charge in [-0.25, -0.2) is 4.79 Å². The Morgan fingerprint density at radius 1 is 1.35 bits per heavy atom. The van der Waals surface area contributed by atoms with Gasteiger partial charge in [-0.1, -0.05) is 12.1 Å². The summed E-state index contributed by atoms with van der Waals surface area (Å²) >= 11 is 0. The van der Waals surface area contributed by atoms with Crippen molar-refractivity contribution in [3.8, 4) is 5.75 Å². The Kier molecular flexibility index (Phi) is 2.78. The van der Waals surface area contributed by atoms with Crippen LogP contribution in [0.2, 0.25) is 0 Å². The molecule has 3 amide bonds. The van der Waals surface area contributed by atoms with Gasteiger partial charge in [-0.2, -0.15) is 0 Å². The smallest absolute Gasteiger partial charge is 0.329 e. The van der Waals surface area contributed by atoms with Crippen molar-refractivity contribution in [2.45, 2.75) is 6.92 Å². The van der Waals surface area contributed by atoms with Crippen LogP contribution in [0, 0.1) is 0 Å². The molecule has 1 aliphatic heterocycles. The van der Waals surface area contributed by atoms with Crippen molar-refractivity contribution in [3.05, 3.63) is 24.3 Å². The first-order valence-electron chi connectivity index (χ1n) is 4.96. The number of hydrogen-bond donors (Lipinski definition) is 1. The number of nitrogens with zero attached hydrogens (tertiary/aromatic N) is 1. The largest absolute Gasteiger partial charge is 0.424 e. The zero-order valence-electron chi connectivity index (χ0n) is 9.10. The van der Waals surface area contributed by atoms with Gasteiger partial charge >= 0.3 is 12.0 Å². The number of benzene rings is 1. The first-order valence-corrected chi connectivity index (χ1v) is 4.96. The summed E-state index contributed by atoms with van der Waals surface area (Å²) in [6.45, 7) is 1.20. The van der Waals surface area contributed by atoms with E-state index in [0.29, 0.717) is 5.69 Å². The van der Waals surface area contributed by atoms with Gasteiger partial charge in [0.2, 0.25) is 5.91 Å². The van der Waals surface area contributed by atoms with Crippen molar-refractivity contribution in [2.24, 2.45) is 0 Å². The summed E-state index contributed by atoms with van der Waals surface area (Å²) in [6, 6.07) is 6.02. The molecule has 0 unspecified atom stereocenters. The molecule has 1 saturated heterocycles. The van der Waals surface area contributed by atoms with E-state index in [-0.39, 0.29) is 18.2 Å². The molecule has 6 nitrogen and oxygen atoms in total. The average Bonchev–Trinajstić information content (AvgIpc) is 2.58. The third-order valence-corrected chi connectivity index (χ3v) is 2.20. The minimum absolute atomic E-state index is 0.0723. The topological polar surface area (TPSA) is 75.7 Å². The molecule has 0 radical (unpaired) electrons.